The van der Waals surface area contributed by atoms with E-state index in [1.807, 2.05) is 11.4 Å². The fourth-order valence-electron chi connectivity index (χ4n) is 1.45. The first-order valence-electron chi connectivity index (χ1n) is 5.32. The Morgan fingerprint density at radius 1 is 1.50 bits per heavy atom. The molecule has 0 aliphatic rings. The molecule has 0 aliphatic carbocycles. The molecule has 2 rings (SSSR count). The maximum Gasteiger partial charge on any atom is 0.252 e. The minimum absolute atomic E-state index is 0.107. The van der Waals surface area contributed by atoms with Gasteiger partial charge in [-0.2, -0.15) is 0 Å². The van der Waals surface area contributed by atoms with Gasteiger partial charge >= 0.3 is 0 Å². The lowest BCUT2D eigenvalue weighted by molar-refractivity contribution is 0.0951. The molecule has 0 saturated heterocycles. The van der Waals surface area contributed by atoms with Crippen LogP contribution in [0, 0.1) is 0 Å². The number of thiazole rings is 1. The minimum atomic E-state index is -0.107. The summed E-state index contributed by atoms with van der Waals surface area (Å²) in [6, 6.07) is 5.39. The predicted molar refractivity (Wildman–Crippen MR) is 79.5 cm³/mol. The number of carbonyl (C=O) groups excluding carboxylic acids is 1. The van der Waals surface area contributed by atoms with E-state index in [2.05, 4.69) is 38.9 Å². The smallest absolute Gasteiger partial charge is 0.252 e. The van der Waals surface area contributed by atoms with Crippen molar-refractivity contribution in [1.82, 2.24) is 10.3 Å². The predicted octanol–water partition coefficient (Wildman–Crippen LogP) is 3.17. The normalized spacial score (nSPS) is 10.3. The Labute approximate surface area is 123 Å². The van der Waals surface area contributed by atoms with Crippen LogP contribution in [-0.4, -0.2) is 17.4 Å². The van der Waals surface area contributed by atoms with E-state index in [-0.39, 0.29) is 5.91 Å². The van der Waals surface area contributed by atoms with Gasteiger partial charge in [0.15, 0.2) is 0 Å². The van der Waals surface area contributed by atoms with Crippen molar-refractivity contribution in [3.8, 4) is 0 Å². The molecule has 18 heavy (non-hydrogen) atoms. The molecular weight excluding hydrogens is 332 g/mol. The average molecular weight is 343 g/mol. The summed E-state index contributed by atoms with van der Waals surface area (Å²) in [6.07, 6.45) is 2.52. The summed E-state index contributed by atoms with van der Waals surface area (Å²) in [5, 5.41) is 5.81. The van der Waals surface area contributed by atoms with Gasteiger partial charge in [0.2, 0.25) is 0 Å². The van der Waals surface area contributed by atoms with Crippen LogP contribution in [0.5, 0.6) is 0 Å². The van der Waals surface area contributed by atoms with Gasteiger partial charge in [0, 0.05) is 33.9 Å². The zero-order chi connectivity index (χ0) is 13.0. The van der Waals surface area contributed by atoms with Crippen molar-refractivity contribution < 1.29 is 4.79 Å². The third-order valence-corrected chi connectivity index (χ3v) is 4.01. The molecule has 1 aromatic carbocycles. The van der Waals surface area contributed by atoms with Crippen LogP contribution in [0.4, 0.5) is 0 Å². The first kappa shape index (κ1) is 13.6. The number of hydrogen-bond donors (Lipinski definition) is 2. The summed E-state index contributed by atoms with van der Waals surface area (Å²) in [4.78, 5) is 16.7. The molecule has 1 aromatic heterocycles. The molecule has 0 fully saturated rings. The lowest BCUT2D eigenvalue weighted by atomic mass is 10.2. The Morgan fingerprint density at radius 2 is 2.33 bits per heavy atom. The molecular formula is C12H11BrN2OS2. The highest BCUT2D eigenvalue weighted by atomic mass is 79.9. The van der Waals surface area contributed by atoms with Crippen molar-refractivity contribution in [2.24, 2.45) is 0 Å². The topological polar surface area (TPSA) is 42.0 Å². The van der Waals surface area contributed by atoms with Crippen molar-refractivity contribution in [2.45, 2.75) is 11.3 Å². The van der Waals surface area contributed by atoms with Crippen LogP contribution in [0.3, 0.4) is 0 Å². The van der Waals surface area contributed by atoms with Crippen molar-refractivity contribution in [1.29, 1.82) is 0 Å². The van der Waals surface area contributed by atoms with Crippen LogP contribution in [0.15, 0.2) is 39.1 Å². The van der Waals surface area contributed by atoms with E-state index < -0.39 is 0 Å². The van der Waals surface area contributed by atoms with Gasteiger partial charge in [0.25, 0.3) is 5.91 Å². The van der Waals surface area contributed by atoms with E-state index in [0.717, 1.165) is 15.9 Å². The van der Waals surface area contributed by atoms with Crippen LogP contribution in [0.2, 0.25) is 0 Å². The lowest BCUT2D eigenvalue weighted by Crippen LogP contribution is -2.26. The van der Waals surface area contributed by atoms with Gasteiger partial charge < -0.3 is 5.32 Å². The molecule has 6 heteroatoms. The summed E-state index contributed by atoms with van der Waals surface area (Å²) >= 11 is 9.22. The number of halogens is 1. The molecule has 0 saturated carbocycles. The Hall–Kier alpha value is -0.850. The van der Waals surface area contributed by atoms with E-state index >= 15 is 0 Å². The summed E-state index contributed by atoms with van der Waals surface area (Å²) in [5.41, 5.74) is 0.584. The van der Waals surface area contributed by atoms with E-state index in [1.54, 1.807) is 29.7 Å². The highest BCUT2D eigenvalue weighted by molar-refractivity contribution is 9.10. The number of benzene rings is 1. The third kappa shape index (κ3) is 3.57. The molecule has 0 radical (unpaired) electrons. The SMILES string of the molecule is O=C(NCCc1nccs1)c1ccc(Br)cc1S. The maximum atomic E-state index is 11.9. The Morgan fingerprint density at radius 3 is 3.00 bits per heavy atom. The molecule has 0 unspecified atom stereocenters. The number of rotatable bonds is 4. The molecule has 94 valence electrons. The standard InChI is InChI=1S/C12H11BrN2OS2/c13-8-1-2-9(10(17)7-8)12(16)15-4-3-11-14-5-6-18-11/h1-2,5-7,17H,3-4H2,(H,15,16). The Kier molecular flexibility index (Phi) is 4.79. The van der Waals surface area contributed by atoms with E-state index in [0.29, 0.717) is 17.0 Å². The second kappa shape index (κ2) is 6.36. The van der Waals surface area contributed by atoms with Crippen molar-refractivity contribution in [2.75, 3.05) is 6.54 Å². The molecule has 1 N–H and O–H groups in total. The molecule has 3 nitrogen and oxygen atoms in total. The van der Waals surface area contributed by atoms with E-state index in [4.69, 9.17) is 0 Å². The second-order valence-electron chi connectivity index (χ2n) is 3.59. The number of nitrogens with one attached hydrogen (secondary N) is 1. The van der Waals surface area contributed by atoms with Gasteiger partial charge in [-0.1, -0.05) is 15.9 Å². The van der Waals surface area contributed by atoms with Crippen LogP contribution in [-0.2, 0) is 6.42 Å². The van der Waals surface area contributed by atoms with Gasteiger partial charge in [0.05, 0.1) is 10.6 Å². The van der Waals surface area contributed by atoms with Crippen LogP contribution in [0.25, 0.3) is 0 Å². The maximum absolute atomic E-state index is 11.9. The molecule has 2 aromatic rings. The highest BCUT2D eigenvalue weighted by Crippen LogP contribution is 2.19. The Balaban J connectivity index is 1.91. The molecule has 0 spiro atoms. The largest absolute Gasteiger partial charge is 0.352 e. The lowest BCUT2D eigenvalue weighted by Gasteiger charge is -2.06. The fourth-order valence-corrected chi connectivity index (χ4v) is 2.93. The van der Waals surface area contributed by atoms with Gasteiger partial charge in [-0.3, -0.25) is 4.79 Å². The second-order valence-corrected chi connectivity index (χ2v) is 5.97. The fraction of sp³-hybridized carbons (Fsp3) is 0.167. The van der Waals surface area contributed by atoms with Crippen molar-refractivity contribution >= 4 is 45.8 Å². The molecule has 0 atom stereocenters. The summed E-state index contributed by atoms with van der Waals surface area (Å²) in [6.45, 7) is 0.579. The molecule has 0 bridgehead atoms. The third-order valence-electron chi connectivity index (χ3n) is 2.31. The molecule has 1 heterocycles. The monoisotopic (exact) mass is 342 g/mol. The average Bonchev–Trinajstić information content (AvgIpc) is 2.81. The summed E-state index contributed by atoms with van der Waals surface area (Å²) in [5.74, 6) is -0.107. The van der Waals surface area contributed by atoms with Crippen LogP contribution < -0.4 is 5.32 Å². The number of hydrogen-bond acceptors (Lipinski definition) is 4. The number of carbonyl (C=O) groups is 1. The van der Waals surface area contributed by atoms with Gasteiger partial charge in [-0.15, -0.1) is 24.0 Å². The van der Waals surface area contributed by atoms with Crippen LogP contribution >= 0.6 is 39.9 Å². The quantitative estimate of drug-likeness (QED) is 0.838. The zero-order valence-corrected chi connectivity index (χ0v) is 12.7. The van der Waals surface area contributed by atoms with E-state index in [9.17, 15) is 4.79 Å². The van der Waals surface area contributed by atoms with Crippen molar-refractivity contribution in [3.63, 3.8) is 0 Å². The summed E-state index contributed by atoms with van der Waals surface area (Å²) < 4.78 is 0.909. The van der Waals surface area contributed by atoms with Gasteiger partial charge in [-0.25, -0.2) is 4.98 Å². The number of amides is 1. The van der Waals surface area contributed by atoms with Gasteiger partial charge in [0.1, 0.15) is 0 Å². The first-order valence-corrected chi connectivity index (χ1v) is 7.44. The summed E-state index contributed by atoms with van der Waals surface area (Å²) in [7, 11) is 0. The number of aromatic nitrogens is 1. The van der Waals surface area contributed by atoms with Gasteiger partial charge in [-0.05, 0) is 18.2 Å². The Bertz CT molecular complexity index is 543. The van der Waals surface area contributed by atoms with Crippen molar-refractivity contribution in [3.05, 3.63) is 44.8 Å². The highest BCUT2D eigenvalue weighted by Gasteiger charge is 2.09. The first-order chi connectivity index (χ1) is 8.66. The molecule has 1 amide bonds. The number of nitrogens with zero attached hydrogens (tertiary/aromatic N) is 1. The zero-order valence-electron chi connectivity index (χ0n) is 9.39. The van der Waals surface area contributed by atoms with Crippen LogP contribution in [0.1, 0.15) is 15.4 Å². The molecule has 0 aliphatic heterocycles. The number of thiol groups is 1. The minimum Gasteiger partial charge on any atom is -0.352 e. The van der Waals surface area contributed by atoms with E-state index in [1.165, 1.54) is 0 Å².